The van der Waals surface area contributed by atoms with Gasteiger partial charge in [-0.15, -0.1) is 16.4 Å². The molecule has 3 heterocycles. The molecule has 3 rings (SSSR count). The van der Waals surface area contributed by atoms with Crippen LogP contribution in [-0.2, 0) is 6.54 Å². The van der Waals surface area contributed by atoms with Gasteiger partial charge in [0.15, 0.2) is 11.2 Å². The minimum Gasteiger partial charge on any atom is -0.369 e. The number of nitrogen functional groups attached to an aromatic ring is 1. The number of H-pyrrole nitrogens is 1. The maximum absolute atomic E-state index is 11.5. The summed E-state index contributed by atoms with van der Waals surface area (Å²) in [7, 11) is 0. The third-order valence-electron chi connectivity index (χ3n) is 2.28. The average Bonchev–Trinajstić information content (AvgIpc) is 2.89. The number of anilines is 1. The number of hydrogen-bond donors (Lipinski definition) is 2. The maximum Gasteiger partial charge on any atom is 0.282 e. The summed E-state index contributed by atoms with van der Waals surface area (Å²) in [6.45, 7) is 0.532. The summed E-state index contributed by atoms with van der Waals surface area (Å²) in [5, 5.41) is 9.68. The van der Waals surface area contributed by atoms with Gasteiger partial charge in [-0.3, -0.25) is 9.78 Å². The van der Waals surface area contributed by atoms with Crippen LogP contribution in [0, 0.1) is 0 Å². The van der Waals surface area contributed by atoms with Crippen LogP contribution < -0.4 is 11.3 Å². The van der Waals surface area contributed by atoms with Gasteiger partial charge in [-0.1, -0.05) is 11.3 Å². The molecule has 0 aliphatic carbocycles. The number of aromatic amines is 1. The molecule has 86 valence electrons. The largest absolute Gasteiger partial charge is 0.369 e. The fourth-order valence-corrected chi connectivity index (χ4v) is 2.23. The van der Waals surface area contributed by atoms with Crippen LogP contribution >= 0.6 is 11.3 Å². The second-order valence-electron chi connectivity index (χ2n) is 3.45. The fourth-order valence-electron chi connectivity index (χ4n) is 1.54. The number of rotatable bonds is 2. The molecule has 0 amide bonds. The minimum absolute atomic E-state index is 0.0669. The molecule has 0 unspecified atom stereocenters. The summed E-state index contributed by atoms with van der Waals surface area (Å²) in [4.78, 5) is 19.1. The van der Waals surface area contributed by atoms with E-state index in [1.807, 2.05) is 17.5 Å². The van der Waals surface area contributed by atoms with E-state index in [0.717, 1.165) is 4.88 Å². The van der Waals surface area contributed by atoms with Crippen LogP contribution in [0.5, 0.6) is 0 Å². The Hall–Kier alpha value is -2.22. The van der Waals surface area contributed by atoms with Gasteiger partial charge in [-0.25, -0.2) is 4.68 Å². The lowest BCUT2D eigenvalue weighted by molar-refractivity contribution is 0.671. The first-order valence-electron chi connectivity index (χ1n) is 4.85. The molecule has 0 aliphatic heterocycles. The predicted octanol–water partition coefficient (Wildman–Crippen LogP) is 0.207. The Balaban J connectivity index is 2.15. The van der Waals surface area contributed by atoms with E-state index >= 15 is 0 Å². The monoisotopic (exact) mass is 248 g/mol. The van der Waals surface area contributed by atoms with Gasteiger partial charge < -0.3 is 5.73 Å². The third kappa shape index (κ3) is 1.68. The van der Waals surface area contributed by atoms with E-state index in [9.17, 15) is 4.79 Å². The zero-order chi connectivity index (χ0) is 11.8. The molecule has 3 N–H and O–H groups in total. The molecule has 0 aromatic carbocycles. The summed E-state index contributed by atoms with van der Waals surface area (Å²) < 4.78 is 1.56. The van der Waals surface area contributed by atoms with Crippen molar-refractivity contribution in [1.82, 2.24) is 25.0 Å². The third-order valence-corrected chi connectivity index (χ3v) is 3.14. The van der Waals surface area contributed by atoms with Crippen molar-refractivity contribution in [2.75, 3.05) is 5.73 Å². The van der Waals surface area contributed by atoms with Crippen molar-refractivity contribution in [2.24, 2.45) is 0 Å². The zero-order valence-corrected chi connectivity index (χ0v) is 9.44. The molecule has 0 saturated carbocycles. The van der Waals surface area contributed by atoms with Gasteiger partial charge in [0.1, 0.15) is 0 Å². The van der Waals surface area contributed by atoms with Crippen molar-refractivity contribution < 1.29 is 0 Å². The van der Waals surface area contributed by atoms with Crippen molar-refractivity contribution in [2.45, 2.75) is 6.54 Å². The number of nitrogens with one attached hydrogen (secondary N) is 1. The minimum atomic E-state index is -0.370. The molecule has 0 radical (unpaired) electrons. The highest BCUT2D eigenvalue weighted by Crippen LogP contribution is 2.12. The number of thiophene rings is 1. The van der Waals surface area contributed by atoms with Crippen molar-refractivity contribution in [1.29, 1.82) is 0 Å². The predicted molar refractivity (Wildman–Crippen MR) is 63.8 cm³/mol. The Kier molecular flexibility index (Phi) is 2.15. The van der Waals surface area contributed by atoms with E-state index in [0.29, 0.717) is 12.2 Å². The molecule has 17 heavy (non-hydrogen) atoms. The van der Waals surface area contributed by atoms with E-state index in [2.05, 4.69) is 20.3 Å². The van der Waals surface area contributed by atoms with Gasteiger partial charge >= 0.3 is 0 Å². The summed E-state index contributed by atoms with van der Waals surface area (Å²) >= 11 is 1.60. The number of hydrogen-bond acceptors (Lipinski definition) is 6. The van der Waals surface area contributed by atoms with Gasteiger partial charge in [0.25, 0.3) is 5.56 Å². The lowest BCUT2D eigenvalue weighted by Gasteiger charge is -1.98. The Labute approximate surface area is 98.9 Å². The molecule has 0 spiro atoms. The number of aromatic nitrogens is 5. The van der Waals surface area contributed by atoms with Crippen LogP contribution in [0.4, 0.5) is 5.95 Å². The second kappa shape index (κ2) is 3.67. The van der Waals surface area contributed by atoms with Gasteiger partial charge in [0.05, 0.1) is 6.54 Å². The number of fused-ring (bicyclic) bond motifs is 1. The molecule has 8 heteroatoms. The van der Waals surface area contributed by atoms with E-state index in [-0.39, 0.29) is 17.0 Å². The van der Waals surface area contributed by atoms with E-state index in [1.165, 1.54) is 0 Å². The molecule has 7 nitrogen and oxygen atoms in total. The number of nitrogens with zero attached hydrogens (tertiary/aromatic N) is 4. The quantitative estimate of drug-likeness (QED) is 0.674. The van der Waals surface area contributed by atoms with Crippen LogP contribution in [-0.4, -0.2) is 25.0 Å². The maximum atomic E-state index is 11.5. The van der Waals surface area contributed by atoms with Crippen LogP contribution in [0.1, 0.15) is 4.88 Å². The van der Waals surface area contributed by atoms with Crippen molar-refractivity contribution in [3.8, 4) is 0 Å². The van der Waals surface area contributed by atoms with Crippen LogP contribution in [0.25, 0.3) is 11.2 Å². The first-order chi connectivity index (χ1) is 8.24. The van der Waals surface area contributed by atoms with E-state index < -0.39 is 0 Å². The summed E-state index contributed by atoms with van der Waals surface area (Å²) in [6.07, 6.45) is 0. The topological polar surface area (TPSA) is 102 Å². The molecule has 0 atom stereocenters. The normalized spacial score (nSPS) is 11.1. The first kappa shape index (κ1) is 9.97. The molecule has 0 aliphatic rings. The summed E-state index contributed by atoms with van der Waals surface area (Å²) in [6, 6.07) is 3.93. The van der Waals surface area contributed by atoms with Gasteiger partial charge in [-0.05, 0) is 11.4 Å². The van der Waals surface area contributed by atoms with Gasteiger partial charge in [0.2, 0.25) is 5.95 Å². The summed E-state index contributed by atoms with van der Waals surface area (Å²) in [5.74, 6) is 0.0669. The molecule has 0 saturated heterocycles. The van der Waals surface area contributed by atoms with Gasteiger partial charge in [0, 0.05) is 4.88 Å². The Morgan fingerprint density at radius 2 is 2.41 bits per heavy atom. The van der Waals surface area contributed by atoms with E-state index in [4.69, 9.17) is 5.73 Å². The standard InChI is InChI=1S/C9H8N6OS/c10-9-11-7-6(8(16)12-9)13-14-15(7)4-5-2-1-3-17-5/h1-3H,4H2,(H3,10,11,12,16). The smallest absolute Gasteiger partial charge is 0.282 e. The zero-order valence-electron chi connectivity index (χ0n) is 8.62. The van der Waals surface area contributed by atoms with Crippen molar-refractivity contribution in [3.63, 3.8) is 0 Å². The molecule has 0 bridgehead atoms. The lowest BCUT2D eigenvalue weighted by Crippen LogP contribution is -2.12. The fraction of sp³-hybridized carbons (Fsp3) is 0.111. The molecule has 3 aromatic rings. The second-order valence-corrected chi connectivity index (χ2v) is 4.48. The Morgan fingerprint density at radius 1 is 1.53 bits per heavy atom. The van der Waals surface area contributed by atoms with Crippen molar-refractivity contribution in [3.05, 3.63) is 32.7 Å². The van der Waals surface area contributed by atoms with Crippen LogP contribution in [0.15, 0.2) is 22.3 Å². The Morgan fingerprint density at radius 3 is 3.18 bits per heavy atom. The first-order valence-corrected chi connectivity index (χ1v) is 5.73. The molecular weight excluding hydrogens is 240 g/mol. The highest BCUT2D eigenvalue weighted by molar-refractivity contribution is 7.09. The highest BCUT2D eigenvalue weighted by Gasteiger charge is 2.11. The van der Waals surface area contributed by atoms with Crippen LogP contribution in [0.3, 0.4) is 0 Å². The SMILES string of the molecule is Nc1nc2c(nnn2Cc2cccs2)c(=O)[nH]1. The lowest BCUT2D eigenvalue weighted by atomic mass is 10.4. The number of nitrogens with two attached hydrogens (primary N) is 1. The van der Waals surface area contributed by atoms with Gasteiger partial charge in [-0.2, -0.15) is 4.98 Å². The van der Waals surface area contributed by atoms with Crippen molar-refractivity contribution >= 4 is 28.4 Å². The van der Waals surface area contributed by atoms with E-state index in [1.54, 1.807) is 16.0 Å². The molecule has 0 fully saturated rings. The average molecular weight is 248 g/mol. The molecular formula is C9H8N6OS. The highest BCUT2D eigenvalue weighted by atomic mass is 32.1. The molecule has 3 aromatic heterocycles. The van der Waals surface area contributed by atoms with Crippen LogP contribution in [0.2, 0.25) is 0 Å². The Bertz CT molecular complexity index is 713. The summed E-state index contributed by atoms with van der Waals surface area (Å²) in [5.41, 5.74) is 5.73.